The zero-order chi connectivity index (χ0) is 12.0. The van der Waals surface area contributed by atoms with Gasteiger partial charge in [-0.15, -0.1) is 0 Å². The number of hydrogen-bond donors (Lipinski definition) is 2. The Morgan fingerprint density at radius 3 is 2.75 bits per heavy atom. The van der Waals surface area contributed by atoms with Gasteiger partial charge in [0.1, 0.15) is 5.82 Å². The van der Waals surface area contributed by atoms with Crippen molar-refractivity contribution in [2.75, 3.05) is 5.32 Å². The summed E-state index contributed by atoms with van der Waals surface area (Å²) in [7, 11) is 0. The molecule has 0 saturated carbocycles. The van der Waals surface area contributed by atoms with Crippen LogP contribution < -0.4 is 5.32 Å². The van der Waals surface area contributed by atoms with E-state index < -0.39 is 0 Å². The summed E-state index contributed by atoms with van der Waals surface area (Å²) in [5.74, 6) is -0.315. The molecular weight excluding hydrogens is 203 g/mol. The summed E-state index contributed by atoms with van der Waals surface area (Å²) in [6.45, 7) is 5.79. The van der Waals surface area contributed by atoms with Crippen molar-refractivity contribution in [1.82, 2.24) is 0 Å². The molecular formula is C13H15FN2. The molecule has 0 aliphatic heterocycles. The number of para-hydroxylation sites is 1. The summed E-state index contributed by atoms with van der Waals surface area (Å²) in [5, 5.41) is 10.1. The van der Waals surface area contributed by atoms with Crippen LogP contribution in [0.1, 0.15) is 13.3 Å². The van der Waals surface area contributed by atoms with Gasteiger partial charge in [-0.2, -0.15) is 0 Å². The maximum atomic E-state index is 13.3. The average Bonchev–Trinajstić information content (AvgIpc) is 2.31. The van der Waals surface area contributed by atoms with Crippen LogP contribution in [0.15, 0.2) is 48.2 Å². The predicted octanol–water partition coefficient (Wildman–Crippen LogP) is 3.74. The molecule has 16 heavy (non-hydrogen) atoms. The van der Waals surface area contributed by atoms with Crippen LogP contribution in [0.3, 0.4) is 0 Å². The molecule has 0 atom stereocenters. The predicted molar refractivity (Wildman–Crippen MR) is 66.3 cm³/mol. The third-order valence-corrected chi connectivity index (χ3v) is 2.25. The topological polar surface area (TPSA) is 35.9 Å². The van der Waals surface area contributed by atoms with Crippen molar-refractivity contribution in [3.05, 3.63) is 54.0 Å². The molecule has 84 valence electrons. The third-order valence-electron chi connectivity index (χ3n) is 2.25. The van der Waals surface area contributed by atoms with E-state index in [-0.39, 0.29) is 5.82 Å². The van der Waals surface area contributed by atoms with Gasteiger partial charge in [0, 0.05) is 18.0 Å². The first-order valence-electron chi connectivity index (χ1n) is 5.09. The fourth-order valence-corrected chi connectivity index (χ4v) is 1.18. The van der Waals surface area contributed by atoms with Crippen LogP contribution in [0.5, 0.6) is 0 Å². The molecule has 0 amide bonds. The van der Waals surface area contributed by atoms with Crippen molar-refractivity contribution < 1.29 is 4.39 Å². The molecule has 1 rings (SSSR count). The van der Waals surface area contributed by atoms with E-state index >= 15 is 0 Å². The SMILES string of the molecule is C=C(CC)/C(C=N)=C/Nc1ccccc1F. The lowest BCUT2D eigenvalue weighted by molar-refractivity contribution is 0.632. The molecule has 2 N–H and O–H groups in total. The monoisotopic (exact) mass is 218 g/mol. The molecule has 0 saturated heterocycles. The smallest absolute Gasteiger partial charge is 0.146 e. The molecule has 0 unspecified atom stereocenters. The maximum Gasteiger partial charge on any atom is 0.146 e. The number of rotatable bonds is 5. The number of anilines is 1. The third kappa shape index (κ3) is 3.05. The van der Waals surface area contributed by atoms with E-state index in [4.69, 9.17) is 5.41 Å². The fourth-order valence-electron chi connectivity index (χ4n) is 1.18. The molecule has 0 aliphatic rings. The highest BCUT2D eigenvalue weighted by Crippen LogP contribution is 2.14. The maximum absolute atomic E-state index is 13.3. The minimum atomic E-state index is -0.315. The van der Waals surface area contributed by atoms with Crippen molar-refractivity contribution in [2.24, 2.45) is 0 Å². The van der Waals surface area contributed by atoms with E-state index in [0.29, 0.717) is 11.3 Å². The standard InChI is InChI=1S/C13H15FN2/c1-3-10(2)11(8-15)9-16-13-7-5-4-6-12(13)14/h4-9,15-16H,2-3H2,1H3/b11-9+,15-8?. The fraction of sp³-hybridized carbons (Fsp3) is 0.154. The molecule has 0 bridgehead atoms. The molecule has 1 aromatic carbocycles. The van der Waals surface area contributed by atoms with Gasteiger partial charge in [-0.3, -0.25) is 0 Å². The Bertz CT molecular complexity index is 422. The number of allylic oxidation sites excluding steroid dienone is 2. The Morgan fingerprint density at radius 1 is 1.50 bits per heavy atom. The molecule has 0 aromatic heterocycles. The number of nitrogens with one attached hydrogen (secondary N) is 2. The van der Waals surface area contributed by atoms with Gasteiger partial charge >= 0.3 is 0 Å². The van der Waals surface area contributed by atoms with E-state index in [9.17, 15) is 4.39 Å². The number of benzene rings is 1. The lowest BCUT2D eigenvalue weighted by Gasteiger charge is -2.06. The summed E-state index contributed by atoms with van der Waals surface area (Å²) >= 11 is 0. The van der Waals surface area contributed by atoms with Gasteiger partial charge in [0.25, 0.3) is 0 Å². The number of hydrogen-bond acceptors (Lipinski definition) is 2. The first-order chi connectivity index (χ1) is 7.69. The van der Waals surface area contributed by atoms with Crippen molar-refractivity contribution in [2.45, 2.75) is 13.3 Å². The van der Waals surface area contributed by atoms with E-state index in [1.807, 2.05) is 6.92 Å². The van der Waals surface area contributed by atoms with Gasteiger partial charge in [0.15, 0.2) is 0 Å². The Kier molecular flexibility index (Phi) is 4.45. The molecule has 0 radical (unpaired) electrons. The Labute approximate surface area is 95.0 Å². The van der Waals surface area contributed by atoms with Crippen LogP contribution in [-0.4, -0.2) is 6.21 Å². The van der Waals surface area contributed by atoms with E-state index in [0.717, 1.165) is 12.0 Å². The van der Waals surface area contributed by atoms with Gasteiger partial charge in [0.05, 0.1) is 5.69 Å². The van der Waals surface area contributed by atoms with Gasteiger partial charge in [0.2, 0.25) is 0 Å². The van der Waals surface area contributed by atoms with Gasteiger partial charge < -0.3 is 10.7 Å². The molecule has 0 spiro atoms. The van der Waals surface area contributed by atoms with Gasteiger partial charge in [-0.25, -0.2) is 4.39 Å². The van der Waals surface area contributed by atoms with Crippen LogP contribution in [0.4, 0.5) is 10.1 Å². The van der Waals surface area contributed by atoms with Crippen LogP contribution in [0.25, 0.3) is 0 Å². The summed E-state index contributed by atoms with van der Waals surface area (Å²) in [5.41, 5.74) is 1.91. The van der Waals surface area contributed by atoms with Crippen molar-refractivity contribution >= 4 is 11.9 Å². The zero-order valence-corrected chi connectivity index (χ0v) is 9.26. The van der Waals surface area contributed by atoms with Crippen LogP contribution in [-0.2, 0) is 0 Å². The second kappa shape index (κ2) is 5.85. The van der Waals surface area contributed by atoms with Crippen molar-refractivity contribution in [1.29, 1.82) is 5.41 Å². The quantitative estimate of drug-likeness (QED) is 0.573. The average molecular weight is 218 g/mol. The lowest BCUT2D eigenvalue weighted by atomic mass is 10.1. The Hall–Kier alpha value is -1.90. The number of halogens is 1. The minimum Gasteiger partial charge on any atom is -0.359 e. The summed E-state index contributed by atoms with van der Waals surface area (Å²) in [6, 6.07) is 6.40. The highest BCUT2D eigenvalue weighted by atomic mass is 19.1. The molecule has 0 aliphatic carbocycles. The first kappa shape index (κ1) is 12.2. The highest BCUT2D eigenvalue weighted by molar-refractivity contribution is 5.82. The summed E-state index contributed by atoms with van der Waals surface area (Å²) in [4.78, 5) is 0. The Balaban J connectivity index is 2.82. The Morgan fingerprint density at radius 2 is 2.19 bits per heavy atom. The zero-order valence-electron chi connectivity index (χ0n) is 9.26. The molecule has 2 nitrogen and oxygen atoms in total. The van der Waals surface area contributed by atoms with Crippen LogP contribution in [0, 0.1) is 11.2 Å². The molecule has 3 heteroatoms. The highest BCUT2D eigenvalue weighted by Gasteiger charge is 1.99. The largest absolute Gasteiger partial charge is 0.359 e. The molecule has 1 aromatic rings. The summed E-state index contributed by atoms with van der Waals surface area (Å²) < 4.78 is 13.3. The van der Waals surface area contributed by atoms with E-state index in [1.165, 1.54) is 12.3 Å². The lowest BCUT2D eigenvalue weighted by Crippen LogP contribution is -1.96. The van der Waals surface area contributed by atoms with E-state index in [2.05, 4.69) is 11.9 Å². The van der Waals surface area contributed by atoms with E-state index in [1.54, 1.807) is 24.4 Å². The normalized spacial score (nSPS) is 11.0. The van der Waals surface area contributed by atoms with Crippen LogP contribution >= 0.6 is 0 Å². The second-order valence-electron chi connectivity index (χ2n) is 3.33. The van der Waals surface area contributed by atoms with Crippen LogP contribution in [0.2, 0.25) is 0 Å². The molecule has 0 fully saturated rings. The first-order valence-corrected chi connectivity index (χ1v) is 5.09. The minimum absolute atomic E-state index is 0.315. The van der Waals surface area contributed by atoms with Crippen molar-refractivity contribution in [3.63, 3.8) is 0 Å². The summed E-state index contributed by atoms with van der Waals surface area (Å²) in [6.07, 6.45) is 3.57. The van der Waals surface area contributed by atoms with Gasteiger partial charge in [-0.1, -0.05) is 25.6 Å². The molecule has 0 heterocycles. The van der Waals surface area contributed by atoms with Gasteiger partial charge in [-0.05, 0) is 24.1 Å². The van der Waals surface area contributed by atoms with Crippen molar-refractivity contribution in [3.8, 4) is 0 Å². The second-order valence-corrected chi connectivity index (χ2v) is 3.33.